The predicted octanol–water partition coefficient (Wildman–Crippen LogP) is 4.34. The zero-order chi connectivity index (χ0) is 23.0. The summed E-state index contributed by atoms with van der Waals surface area (Å²) < 4.78 is 33.0. The van der Waals surface area contributed by atoms with Gasteiger partial charge in [0, 0.05) is 29.7 Å². The average Bonchev–Trinajstić information content (AvgIpc) is 3.17. The lowest BCUT2D eigenvalue weighted by Gasteiger charge is -2.33. The number of halogens is 2. The van der Waals surface area contributed by atoms with Gasteiger partial charge < -0.3 is 10.5 Å². The molecule has 1 aliphatic heterocycles. The second-order valence-corrected chi connectivity index (χ2v) is 7.74. The molecule has 3 N–H and O–H groups in total. The molecule has 3 heterocycles. The SMILES string of the molecule is COc1ccc(C2(c3cccc(-c4cnccn4)c3)NC(N)c3ncccc32)cc1C(F)F. The van der Waals surface area contributed by atoms with Crippen molar-refractivity contribution in [3.05, 3.63) is 107 Å². The van der Waals surface area contributed by atoms with Crippen molar-refractivity contribution in [3.63, 3.8) is 0 Å². The first kappa shape index (κ1) is 21.1. The van der Waals surface area contributed by atoms with Crippen molar-refractivity contribution in [2.75, 3.05) is 7.11 Å². The van der Waals surface area contributed by atoms with Crippen molar-refractivity contribution >= 4 is 0 Å². The molecule has 8 heteroatoms. The molecular weight excluding hydrogens is 424 g/mol. The molecule has 33 heavy (non-hydrogen) atoms. The second-order valence-electron chi connectivity index (χ2n) is 7.74. The van der Waals surface area contributed by atoms with Crippen LogP contribution in [0, 0.1) is 0 Å². The third-order valence-electron chi connectivity index (χ3n) is 5.96. The highest BCUT2D eigenvalue weighted by Crippen LogP contribution is 2.46. The molecule has 0 aliphatic carbocycles. The van der Waals surface area contributed by atoms with E-state index in [4.69, 9.17) is 10.5 Å². The minimum Gasteiger partial charge on any atom is -0.496 e. The summed E-state index contributed by atoms with van der Waals surface area (Å²) >= 11 is 0. The molecule has 5 rings (SSSR count). The number of hydrogen-bond acceptors (Lipinski definition) is 6. The zero-order valence-corrected chi connectivity index (χ0v) is 17.7. The smallest absolute Gasteiger partial charge is 0.267 e. The van der Waals surface area contributed by atoms with Crippen LogP contribution in [-0.4, -0.2) is 22.1 Å². The van der Waals surface area contributed by atoms with Crippen LogP contribution >= 0.6 is 0 Å². The third kappa shape index (κ3) is 3.44. The predicted molar refractivity (Wildman–Crippen MR) is 120 cm³/mol. The highest BCUT2D eigenvalue weighted by Gasteiger charge is 2.46. The van der Waals surface area contributed by atoms with Crippen molar-refractivity contribution in [3.8, 4) is 17.0 Å². The first-order valence-electron chi connectivity index (χ1n) is 10.4. The number of nitrogens with two attached hydrogens (primary N) is 1. The van der Waals surface area contributed by atoms with E-state index in [2.05, 4.69) is 20.3 Å². The molecule has 0 spiro atoms. The molecule has 166 valence electrons. The molecule has 2 atom stereocenters. The molecule has 0 amide bonds. The summed E-state index contributed by atoms with van der Waals surface area (Å²) in [4.78, 5) is 13.0. The Morgan fingerprint density at radius 3 is 2.61 bits per heavy atom. The van der Waals surface area contributed by atoms with Crippen LogP contribution in [0.15, 0.2) is 79.4 Å². The fraction of sp³-hybridized carbons (Fsp3) is 0.160. The Balaban J connectivity index is 1.78. The quantitative estimate of drug-likeness (QED) is 0.475. The highest BCUT2D eigenvalue weighted by atomic mass is 19.3. The molecule has 6 nitrogen and oxygen atoms in total. The summed E-state index contributed by atoms with van der Waals surface area (Å²) in [6.07, 6.45) is 3.30. The molecule has 0 fully saturated rings. The van der Waals surface area contributed by atoms with Crippen LogP contribution < -0.4 is 15.8 Å². The third-order valence-corrected chi connectivity index (χ3v) is 5.96. The van der Waals surface area contributed by atoms with E-state index in [-0.39, 0.29) is 11.3 Å². The van der Waals surface area contributed by atoms with Crippen LogP contribution in [0.5, 0.6) is 5.75 Å². The Labute approximate surface area is 189 Å². The van der Waals surface area contributed by atoms with Crippen molar-refractivity contribution in [2.24, 2.45) is 5.73 Å². The van der Waals surface area contributed by atoms with Gasteiger partial charge in [-0.1, -0.05) is 30.3 Å². The van der Waals surface area contributed by atoms with Gasteiger partial charge in [-0.05, 0) is 35.4 Å². The molecule has 0 saturated carbocycles. The number of fused-ring (bicyclic) bond motifs is 1. The van der Waals surface area contributed by atoms with E-state index in [1.54, 1.807) is 36.9 Å². The zero-order valence-electron chi connectivity index (χ0n) is 17.7. The van der Waals surface area contributed by atoms with Gasteiger partial charge in [-0.15, -0.1) is 0 Å². The summed E-state index contributed by atoms with van der Waals surface area (Å²) in [7, 11) is 1.38. The molecule has 2 aromatic carbocycles. The van der Waals surface area contributed by atoms with Gasteiger partial charge in [-0.2, -0.15) is 0 Å². The average molecular weight is 445 g/mol. The summed E-state index contributed by atoms with van der Waals surface area (Å²) in [5.74, 6) is 0.130. The number of rotatable bonds is 5. The number of pyridine rings is 1. The van der Waals surface area contributed by atoms with Gasteiger partial charge in [0.2, 0.25) is 0 Å². The molecule has 1 aliphatic rings. The number of benzene rings is 2. The minimum atomic E-state index is -2.70. The van der Waals surface area contributed by atoms with Crippen molar-refractivity contribution in [1.82, 2.24) is 20.3 Å². The van der Waals surface area contributed by atoms with Gasteiger partial charge in [0.1, 0.15) is 11.9 Å². The number of alkyl halides is 2. The van der Waals surface area contributed by atoms with E-state index < -0.39 is 18.1 Å². The van der Waals surface area contributed by atoms with Crippen LogP contribution in [0.1, 0.15) is 40.5 Å². The standard InChI is InChI=1S/C25H21F2N5O/c1-33-21-8-7-17(13-18(21)23(26)27)25(19-6-3-9-31-22(19)24(28)32-25)16-5-2-4-15(12-16)20-14-29-10-11-30-20/h2-14,23-24,32H,28H2,1H3. The van der Waals surface area contributed by atoms with Crippen LogP contribution in [0.4, 0.5) is 8.78 Å². The summed E-state index contributed by atoms with van der Waals surface area (Å²) in [5.41, 5.74) is 9.68. The van der Waals surface area contributed by atoms with Crippen molar-refractivity contribution < 1.29 is 13.5 Å². The molecular formula is C25H21F2N5O. The summed E-state index contributed by atoms with van der Waals surface area (Å²) in [5, 5.41) is 3.44. The monoisotopic (exact) mass is 445 g/mol. The Morgan fingerprint density at radius 1 is 1.00 bits per heavy atom. The Morgan fingerprint density at radius 2 is 1.85 bits per heavy atom. The van der Waals surface area contributed by atoms with Crippen LogP contribution in [-0.2, 0) is 5.54 Å². The summed E-state index contributed by atoms with van der Waals surface area (Å²) in [6.45, 7) is 0. The van der Waals surface area contributed by atoms with Gasteiger partial charge in [0.15, 0.2) is 0 Å². The van der Waals surface area contributed by atoms with E-state index in [9.17, 15) is 8.78 Å². The Bertz CT molecular complexity index is 1300. The highest BCUT2D eigenvalue weighted by molar-refractivity contribution is 5.64. The molecule has 2 unspecified atom stereocenters. The number of methoxy groups -OCH3 is 1. The lowest BCUT2D eigenvalue weighted by Crippen LogP contribution is -2.42. The first-order chi connectivity index (χ1) is 16.0. The Kier molecular flexibility index (Phi) is 5.32. The molecule has 2 aromatic heterocycles. The molecule has 0 radical (unpaired) electrons. The maximum Gasteiger partial charge on any atom is 0.267 e. The van der Waals surface area contributed by atoms with Crippen LogP contribution in [0.25, 0.3) is 11.3 Å². The van der Waals surface area contributed by atoms with E-state index in [0.717, 1.165) is 16.7 Å². The normalized spacial score (nSPS) is 19.5. The molecule has 0 saturated heterocycles. The maximum atomic E-state index is 13.9. The van der Waals surface area contributed by atoms with E-state index in [1.165, 1.54) is 13.2 Å². The Hall–Kier alpha value is -3.75. The number of aromatic nitrogens is 3. The van der Waals surface area contributed by atoms with Gasteiger partial charge in [0.05, 0.1) is 35.8 Å². The van der Waals surface area contributed by atoms with Gasteiger partial charge in [-0.25, -0.2) is 8.78 Å². The number of nitrogens with one attached hydrogen (secondary N) is 1. The first-order valence-corrected chi connectivity index (χ1v) is 10.4. The van der Waals surface area contributed by atoms with E-state index >= 15 is 0 Å². The number of hydrogen-bond donors (Lipinski definition) is 2. The lowest BCUT2D eigenvalue weighted by atomic mass is 9.77. The minimum absolute atomic E-state index is 0.130. The number of ether oxygens (including phenoxy) is 1. The maximum absolute atomic E-state index is 13.9. The van der Waals surface area contributed by atoms with Gasteiger partial charge >= 0.3 is 0 Å². The topological polar surface area (TPSA) is 86.0 Å². The van der Waals surface area contributed by atoms with E-state index in [0.29, 0.717) is 17.0 Å². The van der Waals surface area contributed by atoms with Gasteiger partial charge in [0.25, 0.3) is 6.43 Å². The fourth-order valence-electron chi connectivity index (χ4n) is 4.50. The van der Waals surface area contributed by atoms with Crippen molar-refractivity contribution in [1.29, 1.82) is 0 Å². The largest absolute Gasteiger partial charge is 0.496 e. The van der Waals surface area contributed by atoms with Crippen LogP contribution in [0.3, 0.4) is 0 Å². The molecule has 4 aromatic rings. The number of nitrogens with zero attached hydrogens (tertiary/aromatic N) is 3. The molecule has 0 bridgehead atoms. The van der Waals surface area contributed by atoms with Crippen molar-refractivity contribution in [2.45, 2.75) is 18.1 Å². The fourth-order valence-corrected chi connectivity index (χ4v) is 4.50. The lowest BCUT2D eigenvalue weighted by molar-refractivity contribution is 0.147. The van der Waals surface area contributed by atoms with Crippen LogP contribution in [0.2, 0.25) is 0 Å². The second kappa shape index (κ2) is 8.31. The summed E-state index contributed by atoms with van der Waals surface area (Å²) in [6, 6.07) is 16.3. The van der Waals surface area contributed by atoms with E-state index in [1.807, 2.05) is 36.4 Å². The van der Waals surface area contributed by atoms with Gasteiger partial charge in [-0.3, -0.25) is 20.3 Å².